The molecule has 0 aliphatic carbocycles. The van der Waals surface area contributed by atoms with Gasteiger partial charge < -0.3 is 4.55 Å². The van der Waals surface area contributed by atoms with Crippen LogP contribution in [0, 0.1) is 0 Å². The lowest BCUT2D eigenvalue weighted by Crippen LogP contribution is -2.49. The molecule has 29 heavy (non-hydrogen) atoms. The fraction of sp³-hybridized carbons (Fsp3) is 0.952. The van der Waals surface area contributed by atoms with Crippen LogP contribution in [0.1, 0.15) is 111 Å². The van der Waals surface area contributed by atoms with Gasteiger partial charge in [-0.15, -0.1) is 4.65 Å². The molecule has 0 aromatic carbocycles. The lowest BCUT2D eigenvalue weighted by molar-refractivity contribution is -1.04. The van der Waals surface area contributed by atoms with Gasteiger partial charge in [-0.25, -0.2) is 18.4 Å². The number of unbranched alkanes of at least 4 members (excludes halogenated alkanes) is 12. The summed E-state index contributed by atoms with van der Waals surface area (Å²) in [5.74, 6) is -0.0157. The van der Waals surface area contributed by atoms with E-state index >= 15 is 0 Å². The van der Waals surface area contributed by atoms with E-state index in [2.05, 4.69) is 11.1 Å². The molecule has 0 radical (unpaired) electrons. The Hall–Kier alpha value is -0.540. The highest BCUT2D eigenvalue weighted by Gasteiger charge is 2.30. The third-order valence-electron chi connectivity index (χ3n) is 5.21. The maximum atomic E-state index is 12.0. The smallest absolute Gasteiger partial charge is 0.345 e. The van der Waals surface area contributed by atoms with Gasteiger partial charge in [0.15, 0.2) is 0 Å². The normalized spacial score (nSPS) is 11.8. The molecule has 7 nitrogen and oxygen atoms in total. The Balaban J connectivity index is 0. The highest BCUT2D eigenvalue weighted by atomic mass is 32.3. The Morgan fingerprint density at radius 2 is 1.10 bits per heavy atom. The average Bonchev–Trinajstić information content (AvgIpc) is 2.70. The molecule has 0 fully saturated rings. The molecular weight excluding hydrogens is 394 g/mol. The summed E-state index contributed by atoms with van der Waals surface area (Å²) in [6.45, 7) is 6.96. The van der Waals surface area contributed by atoms with E-state index in [4.69, 9.17) is 0 Å². The first-order chi connectivity index (χ1) is 13.7. The quantitative estimate of drug-likeness (QED) is 0.0820. The van der Waals surface area contributed by atoms with Gasteiger partial charge in [-0.1, -0.05) is 84.0 Å². The summed E-state index contributed by atoms with van der Waals surface area (Å²) in [6.07, 6.45) is 17.6. The van der Waals surface area contributed by atoms with Gasteiger partial charge in [0.05, 0.1) is 13.5 Å². The second-order valence-electron chi connectivity index (χ2n) is 7.52. The third kappa shape index (κ3) is 20.5. The van der Waals surface area contributed by atoms with E-state index in [0.717, 1.165) is 20.0 Å². The average molecular weight is 440 g/mol. The van der Waals surface area contributed by atoms with Crippen LogP contribution in [-0.4, -0.2) is 48.9 Å². The van der Waals surface area contributed by atoms with Crippen LogP contribution in [0.4, 0.5) is 0 Å². The number of rotatable bonds is 17. The van der Waals surface area contributed by atoms with E-state index in [9.17, 15) is 23.0 Å². The van der Waals surface area contributed by atoms with Gasteiger partial charge in [0.2, 0.25) is 10.4 Å². The summed E-state index contributed by atoms with van der Waals surface area (Å²) >= 11 is 0. The SMILES string of the molecule is CCCCCCCCCCCCCCCC(=O)[N+](O)(CC)CC.COS(=O)(=O)[O-]. The van der Waals surface area contributed by atoms with E-state index in [1.54, 1.807) is 0 Å². The molecule has 0 heterocycles. The van der Waals surface area contributed by atoms with E-state index in [1.165, 1.54) is 70.6 Å². The Bertz CT molecular complexity index is 478. The lowest BCUT2D eigenvalue weighted by atomic mass is 10.0. The second kappa shape index (κ2) is 19.4. The third-order valence-corrected chi connectivity index (χ3v) is 5.62. The first-order valence-electron chi connectivity index (χ1n) is 11.3. The number of carbonyl (C=O) groups excluding carboxylic acids is 1. The van der Waals surface area contributed by atoms with E-state index in [0.29, 0.717) is 19.5 Å². The fourth-order valence-corrected chi connectivity index (χ4v) is 3.08. The summed E-state index contributed by atoms with van der Waals surface area (Å²) in [5, 5.41) is 10.1. The van der Waals surface area contributed by atoms with Crippen molar-refractivity contribution in [3.63, 3.8) is 0 Å². The summed E-state index contributed by atoms with van der Waals surface area (Å²) in [7, 11) is -3.60. The zero-order valence-corrected chi connectivity index (χ0v) is 20.0. The van der Waals surface area contributed by atoms with Gasteiger partial charge in [-0.2, -0.15) is 0 Å². The second-order valence-corrected chi connectivity index (χ2v) is 8.67. The van der Waals surface area contributed by atoms with E-state index < -0.39 is 15.0 Å². The molecule has 0 atom stereocenters. The minimum atomic E-state index is -4.41. The summed E-state index contributed by atoms with van der Waals surface area (Å²) in [5.41, 5.74) is 0. The molecule has 0 aliphatic heterocycles. The Kier molecular flexibility index (Phi) is 20.5. The number of hydroxylamine groups is 3. The van der Waals surface area contributed by atoms with Crippen LogP contribution in [0.15, 0.2) is 0 Å². The van der Waals surface area contributed by atoms with Gasteiger partial charge in [-0.05, 0) is 20.3 Å². The van der Waals surface area contributed by atoms with Crippen molar-refractivity contribution < 1.29 is 31.8 Å². The number of amides is 1. The molecule has 8 heteroatoms. The predicted octanol–water partition coefficient (Wildman–Crippen LogP) is 5.33. The minimum absolute atomic E-state index is 0.0157. The Morgan fingerprint density at radius 1 is 0.793 bits per heavy atom. The molecular formula is C21H45NO6S. The molecule has 0 spiro atoms. The minimum Gasteiger partial charge on any atom is -0.726 e. The zero-order chi connectivity index (χ0) is 22.6. The highest BCUT2D eigenvalue weighted by Crippen LogP contribution is 2.14. The first kappa shape index (κ1) is 30.7. The van der Waals surface area contributed by atoms with Gasteiger partial charge in [0, 0.05) is 0 Å². The number of hydrogen-bond acceptors (Lipinski definition) is 6. The Morgan fingerprint density at radius 3 is 1.38 bits per heavy atom. The molecule has 0 bridgehead atoms. The fourth-order valence-electron chi connectivity index (χ4n) is 3.08. The lowest BCUT2D eigenvalue weighted by Gasteiger charge is -2.24. The summed E-state index contributed by atoms with van der Waals surface area (Å²) in [6, 6.07) is 0. The molecule has 1 amide bonds. The predicted molar refractivity (Wildman–Crippen MR) is 115 cm³/mol. The van der Waals surface area contributed by atoms with Gasteiger partial charge in [-0.3, -0.25) is 4.18 Å². The number of carbonyl (C=O) groups is 1. The van der Waals surface area contributed by atoms with E-state index in [1.807, 2.05) is 13.8 Å². The van der Waals surface area contributed by atoms with Crippen molar-refractivity contribution in [2.24, 2.45) is 0 Å². The molecule has 0 unspecified atom stereocenters. The van der Waals surface area contributed by atoms with Crippen molar-refractivity contribution in [3.05, 3.63) is 0 Å². The number of quaternary nitrogens is 1. The van der Waals surface area contributed by atoms with Gasteiger partial charge >= 0.3 is 5.91 Å². The van der Waals surface area contributed by atoms with Crippen molar-refractivity contribution in [2.75, 3.05) is 20.2 Å². The van der Waals surface area contributed by atoms with Crippen LogP contribution < -0.4 is 0 Å². The molecule has 0 aromatic heterocycles. The molecule has 0 aliphatic rings. The molecule has 176 valence electrons. The molecule has 0 saturated carbocycles. The maximum Gasteiger partial charge on any atom is 0.345 e. The summed E-state index contributed by atoms with van der Waals surface area (Å²) < 4.78 is 30.6. The van der Waals surface area contributed by atoms with Crippen molar-refractivity contribution in [1.82, 2.24) is 0 Å². The van der Waals surface area contributed by atoms with Crippen LogP contribution in [0.25, 0.3) is 0 Å². The molecule has 0 saturated heterocycles. The number of hydrogen-bond donors (Lipinski definition) is 1. The van der Waals surface area contributed by atoms with Crippen molar-refractivity contribution in [1.29, 1.82) is 0 Å². The topological polar surface area (TPSA) is 104 Å². The van der Waals surface area contributed by atoms with Crippen molar-refractivity contribution >= 4 is 16.3 Å². The Labute approximate surface area is 179 Å². The molecule has 1 N–H and O–H groups in total. The first-order valence-corrected chi connectivity index (χ1v) is 12.6. The van der Waals surface area contributed by atoms with Gasteiger partial charge in [0.1, 0.15) is 13.1 Å². The van der Waals surface area contributed by atoms with Crippen LogP contribution in [0.2, 0.25) is 0 Å². The van der Waals surface area contributed by atoms with Crippen LogP contribution >= 0.6 is 0 Å². The molecule has 0 rings (SSSR count). The van der Waals surface area contributed by atoms with Crippen molar-refractivity contribution in [2.45, 2.75) is 111 Å². The van der Waals surface area contributed by atoms with Crippen molar-refractivity contribution in [3.8, 4) is 0 Å². The van der Waals surface area contributed by atoms with Gasteiger partial charge in [0.25, 0.3) is 0 Å². The van der Waals surface area contributed by atoms with Crippen LogP contribution in [-0.2, 0) is 19.4 Å². The van der Waals surface area contributed by atoms with Crippen LogP contribution in [0.5, 0.6) is 0 Å². The molecule has 0 aromatic rings. The maximum absolute atomic E-state index is 12.0. The van der Waals surface area contributed by atoms with E-state index in [-0.39, 0.29) is 5.91 Å². The van der Waals surface area contributed by atoms with Crippen LogP contribution in [0.3, 0.4) is 0 Å². The monoisotopic (exact) mass is 439 g/mol. The zero-order valence-electron chi connectivity index (χ0n) is 19.2. The highest BCUT2D eigenvalue weighted by molar-refractivity contribution is 7.80. The standard InChI is InChI=1S/C20H42NO2.CH4O4S/c1-4-7-8-9-10-11-12-13-14-15-16-17-18-19-20(22)21(23,5-2)6-3;1-5-6(2,3)4/h23H,4-19H2,1-3H3;1H3,(H,2,3,4)/q+1;/p-1. The number of nitrogens with zero attached hydrogens (tertiary/aromatic N) is 1. The summed E-state index contributed by atoms with van der Waals surface area (Å²) in [4.78, 5) is 12.0. The largest absolute Gasteiger partial charge is 0.726 e.